The molecule has 3 aromatic rings. The highest BCUT2D eigenvalue weighted by molar-refractivity contribution is 5.75. The average molecular weight is 775 g/mol. The molecule has 11 heteroatoms. The molecule has 0 radical (unpaired) electrons. The molecule has 3 heterocycles. The molecule has 4 aliphatic rings. The van der Waals surface area contributed by atoms with Crippen LogP contribution >= 0.6 is 0 Å². The van der Waals surface area contributed by atoms with E-state index in [4.69, 9.17) is 47.4 Å². The van der Waals surface area contributed by atoms with Crippen molar-refractivity contribution in [3.05, 3.63) is 108 Å². The highest BCUT2D eigenvalue weighted by atomic mass is 16.8. The molecule has 4 fully saturated rings. The van der Waals surface area contributed by atoms with E-state index in [2.05, 4.69) is 0 Å². The van der Waals surface area contributed by atoms with E-state index in [0.717, 1.165) is 16.7 Å². The largest absolute Gasteiger partial charge is 0.454 e. The highest BCUT2D eigenvalue weighted by Crippen LogP contribution is 2.47. The molecule has 304 valence electrons. The zero-order valence-corrected chi connectivity index (χ0v) is 33.7. The second-order valence-corrected chi connectivity index (χ2v) is 17.2. The summed E-state index contributed by atoms with van der Waals surface area (Å²) >= 11 is 0. The Labute approximate surface area is 331 Å². The molecule has 1 saturated carbocycles. The van der Waals surface area contributed by atoms with Crippen LogP contribution in [0.2, 0.25) is 0 Å². The topological polar surface area (TPSA) is 109 Å². The molecule has 0 N–H and O–H groups in total. The van der Waals surface area contributed by atoms with Crippen LogP contribution < -0.4 is 0 Å². The van der Waals surface area contributed by atoms with Crippen LogP contribution in [0.1, 0.15) is 71.6 Å². The van der Waals surface area contributed by atoms with Gasteiger partial charge in [-0.3, -0.25) is 4.79 Å². The van der Waals surface area contributed by atoms with Crippen molar-refractivity contribution in [2.75, 3.05) is 13.2 Å². The zero-order valence-electron chi connectivity index (χ0n) is 33.7. The minimum atomic E-state index is -1.03. The maximum atomic E-state index is 13.8. The highest BCUT2D eigenvalue weighted by Gasteiger charge is 2.60. The Bertz CT molecular complexity index is 1700. The number of esters is 1. The Balaban J connectivity index is 1.19. The lowest BCUT2D eigenvalue weighted by Crippen LogP contribution is -2.63. The molecule has 7 rings (SSSR count). The number of benzene rings is 3. The number of hydrogen-bond acceptors (Lipinski definition) is 11. The van der Waals surface area contributed by atoms with Crippen LogP contribution in [-0.4, -0.2) is 85.9 Å². The Morgan fingerprint density at radius 3 is 1.73 bits per heavy atom. The Hall–Kier alpha value is -3.23. The second-order valence-electron chi connectivity index (χ2n) is 17.2. The molecule has 3 aliphatic heterocycles. The van der Waals surface area contributed by atoms with Gasteiger partial charge in [0.15, 0.2) is 24.0 Å². The number of fused-ring (bicyclic) bond motifs is 3. The summed E-state index contributed by atoms with van der Waals surface area (Å²) in [6, 6.07) is 29.8. The van der Waals surface area contributed by atoms with Gasteiger partial charge in [-0.2, -0.15) is 0 Å². The molecule has 3 aromatic carbocycles. The number of rotatable bonds is 14. The van der Waals surface area contributed by atoms with Gasteiger partial charge in [0.1, 0.15) is 30.5 Å². The fourth-order valence-electron chi connectivity index (χ4n) is 7.94. The van der Waals surface area contributed by atoms with Crippen molar-refractivity contribution < 1.29 is 52.2 Å². The summed E-state index contributed by atoms with van der Waals surface area (Å²) in [6.07, 6.45) is -4.72. The average Bonchev–Trinajstić information content (AvgIpc) is 3.67. The third-order valence-corrected chi connectivity index (χ3v) is 10.6. The van der Waals surface area contributed by atoms with Gasteiger partial charge in [-0.25, -0.2) is 0 Å². The summed E-state index contributed by atoms with van der Waals surface area (Å²) in [5.74, 6) is -2.13. The third-order valence-electron chi connectivity index (χ3n) is 10.6. The lowest BCUT2D eigenvalue weighted by Gasteiger charge is -2.46. The van der Waals surface area contributed by atoms with Crippen LogP contribution in [0, 0.1) is 11.3 Å². The predicted octanol–water partition coefficient (Wildman–Crippen LogP) is 7.13. The van der Waals surface area contributed by atoms with Gasteiger partial charge in [0.2, 0.25) is 0 Å². The van der Waals surface area contributed by atoms with E-state index in [-0.39, 0.29) is 56.8 Å². The standard InChI is InChI=1S/C45H58O11/c1-43(2,3)42(46)52-40-38(49-26-31-21-15-10-16-22-31)36(48-25-30-19-13-9-14-20-30)34(28-47-24-29-17-11-8-12-18-29)51-41(40)50-27-32-23-33-37(55-44(4,5)53-33)39-35(32)54-45(6,7)56-39/h8-22,32-41H,23-28H2,1-7H3/t32?,33?,34?,35-,36-,37?,38-,39-,40?,41?/m0/s1. The summed E-state index contributed by atoms with van der Waals surface area (Å²) in [4.78, 5) is 13.8. The first-order valence-electron chi connectivity index (χ1n) is 19.9. The van der Waals surface area contributed by atoms with Gasteiger partial charge in [0.05, 0.1) is 50.7 Å². The van der Waals surface area contributed by atoms with Crippen LogP contribution in [-0.2, 0) is 72.0 Å². The van der Waals surface area contributed by atoms with E-state index in [9.17, 15) is 4.79 Å². The number of carbonyl (C=O) groups is 1. The van der Waals surface area contributed by atoms with Crippen LogP contribution in [0.25, 0.3) is 0 Å². The molecule has 10 atom stereocenters. The fraction of sp³-hybridized carbons (Fsp3) is 0.578. The van der Waals surface area contributed by atoms with E-state index in [0.29, 0.717) is 13.0 Å². The molecule has 0 bridgehead atoms. The Kier molecular flexibility index (Phi) is 12.7. The van der Waals surface area contributed by atoms with Gasteiger partial charge < -0.3 is 47.4 Å². The summed E-state index contributed by atoms with van der Waals surface area (Å²) in [5, 5.41) is 0. The van der Waals surface area contributed by atoms with Crippen LogP contribution in [0.4, 0.5) is 0 Å². The zero-order chi connectivity index (χ0) is 39.5. The molecule has 3 saturated heterocycles. The minimum absolute atomic E-state index is 0.147. The fourth-order valence-corrected chi connectivity index (χ4v) is 7.94. The van der Waals surface area contributed by atoms with Gasteiger partial charge in [0, 0.05) is 5.92 Å². The Morgan fingerprint density at radius 1 is 0.625 bits per heavy atom. The number of carbonyl (C=O) groups excluding carboxylic acids is 1. The van der Waals surface area contributed by atoms with Gasteiger partial charge in [0.25, 0.3) is 0 Å². The summed E-state index contributed by atoms with van der Waals surface area (Å²) < 4.78 is 65.5. The van der Waals surface area contributed by atoms with Crippen LogP contribution in [0.3, 0.4) is 0 Å². The van der Waals surface area contributed by atoms with Crippen molar-refractivity contribution in [2.24, 2.45) is 11.3 Å². The smallest absolute Gasteiger partial charge is 0.311 e. The van der Waals surface area contributed by atoms with Crippen molar-refractivity contribution in [3.8, 4) is 0 Å². The van der Waals surface area contributed by atoms with Gasteiger partial charge in [-0.1, -0.05) is 91.0 Å². The summed E-state index contributed by atoms with van der Waals surface area (Å²) in [7, 11) is 0. The van der Waals surface area contributed by atoms with Crippen molar-refractivity contribution in [1.29, 1.82) is 0 Å². The van der Waals surface area contributed by atoms with Crippen LogP contribution in [0.15, 0.2) is 91.0 Å². The quantitative estimate of drug-likeness (QED) is 0.156. The predicted molar refractivity (Wildman–Crippen MR) is 206 cm³/mol. The van der Waals surface area contributed by atoms with Crippen molar-refractivity contribution >= 4 is 5.97 Å². The van der Waals surface area contributed by atoms with Crippen LogP contribution in [0.5, 0.6) is 0 Å². The lowest BCUT2D eigenvalue weighted by atomic mass is 9.81. The molecule has 6 unspecified atom stereocenters. The monoisotopic (exact) mass is 774 g/mol. The molecule has 0 aromatic heterocycles. The molecule has 11 nitrogen and oxygen atoms in total. The first-order chi connectivity index (χ1) is 26.7. The first-order valence-corrected chi connectivity index (χ1v) is 19.9. The first kappa shape index (κ1) is 40.9. The molecule has 0 amide bonds. The lowest BCUT2D eigenvalue weighted by molar-refractivity contribution is -0.325. The van der Waals surface area contributed by atoms with E-state index >= 15 is 0 Å². The van der Waals surface area contributed by atoms with E-state index in [1.54, 1.807) is 0 Å². The van der Waals surface area contributed by atoms with Crippen molar-refractivity contribution in [2.45, 2.75) is 141 Å². The van der Waals surface area contributed by atoms with Crippen molar-refractivity contribution in [3.63, 3.8) is 0 Å². The van der Waals surface area contributed by atoms with E-state index in [1.807, 2.05) is 139 Å². The SMILES string of the molecule is CC1(C)OC2CC(COC3OC(COCc4ccccc4)[C@H](OCc4ccccc4)[C@H](OCc4ccccc4)C3OC(=O)C(C)(C)C)[C@@H]3OC(C)(C)O[C@@H]3C2O1. The summed E-state index contributed by atoms with van der Waals surface area (Å²) in [5.41, 5.74) is 2.15. The van der Waals surface area contributed by atoms with E-state index in [1.165, 1.54) is 0 Å². The van der Waals surface area contributed by atoms with Gasteiger partial charge >= 0.3 is 5.97 Å². The molecule has 1 aliphatic carbocycles. The van der Waals surface area contributed by atoms with Gasteiger partial charge in [-0.05, 0) is 71.6 Å². The normalized spacial score (nSPS) is 32.1. The maximum Gasteiger partial charge on any atom is 0.311 e. The second kappa shape index (κ2) is 17.3. The summed E-state index contributed by atoms with van der Waals surface area (Å²) in [6.45, 7) is 14.4. The number of ether oxygens (including phenoxy) is 10. The third kappa shape index (κ3) is 10.1. The van der Waals surface area contributed by atoms with Gasteiger partial charge in [-0.15, -0.1) is 0 Å². The number of hydrogen-bond donors (Lipinski definition) is 0. The molecular weight excluding hydrogens is 716 g/mol. The molecule has 56 heavy (non-hydrogen) atoms. The Morgan fingerprint density at radius 2 is 1.14 bits per heavy atom. The maximum absolute atomic E-state index is 13.8. The van der Waals surface area contributed by atoms with Crippen molar-refractivity contribution in [1.82, 2.24) is 0 Å². The molecular formula is C45H58O11. The van der Waals surface area contributed by atoms with E-state index < -0.39 is 53.7 Å². The minimum Gasteiger partial charge on any atom is -0.454 e. The molecule has 0 spiro atoms.